The zero-order chi connectivity index (χ0) is 13.8. The minimum atomic E-state index is -0.881. The standard InChI is InChI=1S/C13H19NO3S/c1-13(2,3)14(7-6-12(16)17)11(15)9-10-5-4-8-18-10/h4-5,8H,6-7,9H2,1-3H3,(H,16,17). The molecule has 0 atom stereocenters. The number of nitrogens with zero attached hydrogens (tertiary/aromatic N) is 1. The molecule has 0 fully saturated rings. The van der Waals surface area contributed by atoms with Crippen LogP contribution in [0.25, 0.3) is 0 Å². The Morgan fingerprint density at radius 2 is 2.06 bits per heavy atom. The molecule has 0 bridgehead atoms. The quantitative estimate of drug-likeness (QED) is 0.893. The molecule has 5 heteroatoms. The Kier molecular flexibility index (Phi) is 4.90. The number of carboxylic acids is 1. The third-order valence-corrected chi connectivity index (χ3v) is 3.44. The van der Waals surface area contributed by atoms with Crippen molar-refractivity contribution in [2.24, 2.45) is 0 Å². The largest absolute Gasteiger partial charge is 0.481 e. The summed E-state index contributed by atoms with van der Waals surface area (Å²) in [6, 6.07) is 3.83. The molecule has 18 heavy (non-hydrogen) atoms. The molecule has 0 aliphatic carbocycles. The van der Waals surface area contributed by atoms with Crippen LogP contribution in [0.4, 0.5) is 0 Å². The number of aliphatic carboxylic acids is 1. The van der Waals surface area contributed by atoms with Gasteiger partial charge in [0.2, 0.25) is 5.91 Å². The van der Waals surface area contributed by atoms with Crippen molar-refractivity contribution in [3.05, 3.63) is 22.4 Å². The fraction of sp³-hybridized carbons (Fsp3) is 0.538. The number of carbonyl (C=O) groups excluding carboxylic acids is 1. The molecule has 0 aromatic carbocycles. The van der Waals surface area contributed by atoms with Gasteiger partial charge in [0.15, 0.2) is 0 Å². The van der Waals surface area contributed by atoms with Crippen molar-refractivity contribution in [2.75, 3.05) is 6.54 Å². The van der Waals surface area contributed by atoms with E-state index < -0.39 is 5.97 Å². The number of amides is 1. The van der Waals surface area contributed by atoms with Gasteiger partial charge in [0.05, 0.1) is 12.8 Å². The second kappa shape index (κ2) is 6.00. The van der Waals surface area contributed by atoms with Crippen molar-refractivity contribution in [1.82, 2.24) is 4.90 Å². The molecule has 1 heterocycles. The summed E-state index contributed by atoms with van der Waals surface area (Å²) in [6.45, 7) is 6.01. The third-order valence-electron chi connectivity index (χ3n) is 2.57. The molecule has 1 N–H and O–H groups in total. The van der Waals surface area contributed by atoms with E-state index in [0.29, 0.717) is 6.42 Å². The van der Waals surface area contributed by atoms with E-state index in [0.717, 1.165) is 4.88 Å². The van der Waals surface area contributed by atoms with Crippen molar-refractivity contribution >= 4 is 23.2 Å². The molecule has 0 aliphatic rings. The molecule has 0 aliphatic heterocycles. The molecule has 1 rings (SSSR count). The normalized spacial score (nSPS) is 11.3. The molecule has 4 nitrogen and oxygen atoms in total. The van der Waals surface area contributed by atoms with Crippen LogP contribution in [-0.2, 0) is 16.0 Å². The number of carbonyl (C=O) groups is 2. The summed E-state index contributed by atoms with van der Waals surface area (Å²) in [4.78, 5) is 25.5. The highest BCUT2D eigenvalue weighted by Gasteiger charge is 2.26. The lowest BCUT2D eigenvalue weighted by molar-refractivity contribution is -0.140. The first-order valence-corrected chi connectivity index (χ1v) is 6.73. The summed E-state index contributed by atoms with van der Waals surface area (Å²) in [6.07, 6.45) is 0.321. The molecule has 1 aromatic rings. The Morgan fingerprint density at radius 3 is 2.50 bits per heavy atom. The lowest BCUT2D eigenvalue weighted by atomic mass is 10.0. The number of carboxylic acid groups (broad SMARTS) is 1. The minimum Gasteiger partial charge on any atom is -0.481 e. The van der Waals surface area contributed by atoms with Gasteiger partial charge in [0, 0.05) is 17.0 Å². The van der Waals surface area contributed by atoms with Crippen LogP contribution in [-0.4, -0.2) is 34.0 Å². The van der Waals surface area contributed by atoms with Gasteiger partial charge in [0.25, 0.3) is 0 Å². The predicted octanol–water partition coefficient (Wildman–Crippen LogP) is 2.39. The number of thiophene rings is 1. The smallest absolute Gasteiger partial charge is 0.305 e. The average Bonchev–Trinajstić information content (AvgIpc) is 2.67. The molecule has 0 saturated heterocycles. The fourth-order valence-corrected chi connectivity index (χ4v) is 2.40. The highest BCUT2D eigenvalue weighted by molar-refractivity contribution is 7.10. The molecule has 0 unspecified atom stereocenters. The highest BCUT2D eigenvalue weighted by Crippen LogP contribution is 2.17. The third kappa shape index (κ3) is 4.49. The fourth-order valence-electron chi connectivity index (χ4n) is 1.70. The van der Waals surface area contributed by atoms with Crippen LogP contribution in [0.1, 0.15) is 32.1 Å². The van der Waals surface area contributed by atoms with Crippen molar-refractivity contribution in [3.63, 3.8) is 0 Å². The zero-order valence-corrected chi connectivity index (χ0v) is 11.8. The SMILES string of the molecule is CC(C)(C)N(CCC(=O)O)C(=O)Cc1cccs1. The summed E-state index contributed by atoms with van der Waals surface area (Å²) in [5.41, 5.74) is -0.357. The molecule has 1 aromatic heterocycles. The first-order valence-electron chi connectivity index (χ1n) is 5.85. The topological polar surface area (TPSA) is 57.6 Å². The lowest BCUT2D eigenvalue weighted by Crippen LogP contribution is -2.47. The van der Waals surface area contributed by atoms with Gasteiger partial charge in [-0.25, -0.2) is 0 Å². The van der Waals surface area contributed by atoms with E-state index in [1.807, 2.05) is 38.3 Å². The van der Waals surface area contributed by atoms with Crippen LogP contribution in [0.15, 0.2) is 17.5 Å². The van der Waals surface area contributed by atoms with Crippen molar-refractivity contribution in [1.29, 1.82) is 0 Å². The predicted molar refractivity (Wildman–Crippen MR) is 71.7 cm³/mol. The summed E-state index contributed by atoms with van der Waals surface area (Å²) in [5, 5.41) is 10.7. The summed E-state index contributed by atoms with van der Waals surface area (Å²) >= 11 is 1.54. The van der Waals surface area contributed by atoms with Crippen LogP contribution in [0.3, 0.4) is 0 Å². The van der Waals surface area contributed by atoms with Gasteiger partial charge in [-0.3, -0.25) is 9.59 Å². The van der Waals surface area contributed by atoms with E-state index >= 15 is 0 Å². The Bertz CT molecular complexity index is 406. The average molecular weight is 269 g/mol. The molecular weight excluding hydrogens is 250 g/mol. The number of hydrogen-bond acceptors (Lipinski definition) is 3. The molecular formula is C13H19NO3S. The van der Waals surface area contributed by atoms with E-state index in [4.69, 9.17) is 5.11 Å². The van der Waals surface area contributed by atoms with Gasteiger partial charge in [0.1, 0.15) is 0 Å². The Hall–Kier alpha value is -1.36. The van der Waals surface area contributed by atoms with Crippen LogP contribution < -0.4 is 0 Å². The molecule has 0 radical (unpaired) electrons. The highest BCUT2D eigenvalue weighted by atomic mass is 32.1. The van der Waals surface area contributed by atoms with Crippen LogP contribution in [0.2, 0.25) is 0 Å². The van der Waals surface area contributed by atoms with Gasteiger partial charge in [-0.15, -0.1) is 11.3 Å². The molecule has 100 valence electrons. The van der Waals surface area contributed by atoms with Gasteiger partial charge < -0.3 is 10.0 Å². The number of rotatable bonds is 5. The van der Waals surface area contributed by atoms with E-state index in [-0.39, 0.29) is 24.4 Å². The second-order valence-corrected chi connectivity index (χ2v) is 6.15. The Labute approximate surface area is 111 Å². The van der Waals surface area contributed by atoms with Crippen molar-refractivity contribution < 1.29 is 14.7 Å². The first-order chi connectivity index (χ1) is 8.30. The maximum absolute atomic E-state index is 12.2. The molecule has 0 spiro atoms. The Balaban J connectivity index is 2.70. The first kappa shape index (κ1) is 14.7. The molecule has 0 saturated carbocycles. The van der Waals surface area contributed by atoms with E-state index in [1.165, 1.54) is 11.3 Å². The van der Waals surface area contributed by atoms with Crippen molar-refractivity contribution in [2.45, 2.75) is 39.2 Å². The summed E-state index contributed by atoms with van der Waals surface area (Å²) in [7, 11) is 0. The van der Waals surface area contributed by atoms with E-state index in [9.17, 15) is 9.59 Å². The maximum Gasteiger partial charge on any atom is 0.305 e. The summed E-state index contributed by atoms with van der Waals surface area (Å²) in [5.74, 6) is -0.903. The molecule has 1 amide bonds. The van der Waals surface area contributed by atoms with Crippen LogP contribution >= 0.6 is 11.3 Å². The van der Waals surface area contributed by atoms with E-state index in [1.54, 1.807) is 4.90 Å². The van der Waals surface area contributed by atoms with Crippen LogP contribution in [0.5, 0.6) is 0 Å². The lowest BCUT2D eigenvalue weighted by Gasteiger charge is -2.35. The van der Waals surface area contributed by atoms with Crippen molar-refractivity contribution in [3.8, 4) is 0 Å². The number of hydrogen-bond donors (Lipinski definition) is 1. The van der Waals surface area contributed by atoms with Gasteiger partial charge in [-0.05, 0) is 32.2 Å². The second-order valence-electron chi connectivity index (χ2n) is 5.12. The monoisotopic (exact) mass is 269 g/mol. The Morgan fingerprint density at radius 1 is 1.39 bits per heavy atom. The summed E-state index contributed by atoms with van der Waals surface area (Å²) < 4.78 is 0. The van der Waals surface area contributed by atoms with Crippen LogP contribution in [0, 0.1) is 0 Å². The van der Waals surface area contributed by atoms with Gasteiger partial charge in [-0.1, -0.05) is 6.07 Å². The van der Waals surface area contributed by atoms with E-state index in [2.05, 4.69) is 0 Å². The zero-order valence-electron chi connectivity index (χ0n) is 11.0. The maximum atomic E-state index is 12.2. The van der Waals surface area contributed by atoms with Gasteiger partial charge in [-0.2, -0.15) is 0 Å². The minimum absolute atomic E-state index is 0.0204. The van der Waals surface area contributed by atoms with Gasteiger partial charge >= 0.3 is 5.97 Å².